The number of carbonyl (C=O) groups is 2. The predicted molar refractivity (Wildman–Crippen MR) is 103 cm³/mol. The van der Waals surface area contributed by atoms with Crippen LogP contribution < -0.4 is 16.4 Å². The Bertz CT molecular complexity index is 692. The van der Waals surface area contributed by atoms with E-state index in [2.05, 4.69) is 22.8 Å². The molecule has 2 rings (SSSR count). The summed E-state index contributed by atoms with van der Waals surface area (Å²) in [5, 5.41) is 6.02. The molecule has 0 radical (unpaired) electrons. The molecule has 5 nitrogen and oxygen atoms in total. The molecule has 0 aliphatic carbocycles. The number of nitrogens with two attached hydrogens (primary N) is 1. The number of para-hydroxylation sites is 1. The van der Waals surface area contributed by atoms with Crippen molar-refractivity contribution in [3.8, 4) is 0 Å². The number of carbonyl (C=O) groups excluding carboxylic acids is 2. The summed E-state index contributed by atoms with van der Waals surface area (Å²) in [7, 11) is 0. The zero-order chi connectivity index (χ0) is 17.9. The van der Waals surface area contributed by atoms with Crippen molar-refractivity contribution >= 4 is 29.3 Å². The van der Waals surface area contributed by atoms with Crippen molar-refractivity contribution in [2.75, 3.05) is 24.2 Å². The van der Waals surface area contributed by atoms with Gasteiger partial charge in [-0.2, -0.15) is 0 Å². The number of thioether (sulfide) groups is 1. The zero-order valence-corrected chi connectivity index (χ0v) is 14.9. The van der Waals surface area contributed by atoms with Crippen LogP contribution in [0.1, 0.15) is 12.0 Å². The van der Waals surface area contributed by atoms with Gasteiger partial charge in [0.25, 0.3) is 0 Å². The van der Waals surface area contributed by atoms with Crippen LogP contribution in [0, 0.1) is 0 Å². The van der Waals surface area contributed by atoms with Gasteiger partial charge in [0.2, 0.25) is 11.8 Å². The van der Waals surface area contributed by atoms with Crippen LogP contribution in [0.5, 0.6) is 0 Å². The molecule has 0 aromatic heterocycles. The fourth-order valence-corrected chi connectivity index (χ4v) is 3.06. The topological polar surface area (TPSA) is 84.2 Å². The third-order valence-electron chi connectivity index (χ3n) is 3.50. The van der Waals surface area contributed by atoms with Crippen LogP contribution >= 0.6 is 11.8 Å². The molecule has 132 valence electrons. The Hall–Kier alpha value is -2.47. The van der Waals surface area contributed by atoms with Crippen molar-refractivity contribution in [3.63, 3.8) is 0 Å². The molecule has 0 saturated carbocycles. The first-order chi connectivity index (χ1) is 12.1. The summed E-state index contributed by atoms with van der Waals surface area (Å²) in [4.78, 5) is 23.8. The standard InChI is InChI=1S/C19H23N3O2S/c20-18(23)14-25-17-11-5-4-10-16(17)22-13-19(24)21-12-6-9-15-7-2-1-3-8-15/h1-5,7-8,10-11,22H,6,9,12-14H2,(H2,20,23)(H,21,24). The lowest BCUT2D eigenvalue weighted by Crippen LogP contribution is -2.30. The average molecular weight is 357 g/mol. The molecule has 0 unspecified atom stereocenters. The number of primary amides is 1. The summed E-state index contributed by atoms with van der Waals surface area (Å²) in [6.07, 6.45) is 1.85. The average Bonchev–Trinajstić information content (AvgIpc) is 2.63. The smallest absolute Gasteiger partial charge is 0.239 e. The van der Waals surface area contributed by atoms with Gasteiger partial charge < -0.3 is 16.4 Å². The van der Waals surface area contributed by atoms with E-state index in [9.17, 15) is 9.59 Å². The second-order valence-electron chi connectivity index (χ2n) is 5.54. The van der Waals surface area contributed by atoms with E-state index in [-0.39, 0.29) is 24.1 Å². The van der Waals surface area contributed by atoms with Gasteiger partial charge >= 0.3 is 0 Å². The molecule has 25 heavy (non-hydrogen) atoms. The van der Waals surface area contributed by atoms with Gasteiger partial charge in [0.15, 0.2) is 0 Å². The van der Waals surface area contributed by atoms with Crippen LogP contribution in [-0.4, -0.2) is 30.7 Å². The molecule has 0 saturated heterocycles. The Labute approximate surface area is 152 Å². The number of hydrogen-bond donors (Lipinski definition) is 3. The molecule has 2 aromatic rings. The van der Waals surface area contributed by atoms with Crippen LogP contribution in [0.3, 0.4) is 0 Å². The number of hydrogen-bond acceptors (Lipinski definition) is 4. The van der Waals surface area contributed by atoms with Crippen molar-refractivity contribution in [1.82, 2.24) is 5.32 Å². The zero-order valence-electron chi connectivity index (χ0n) is 14.0. The van der Waals surface area contributed by atoms with Gasteiger partial charge in [-0.3, -0.25) is 9.59 Å². The number of amides is 2. The molecule has 0 spiro atoms. The van der Waals surface area contributed by atoms with E-state index in [1.54, 1.807) is 0 Å². The highest BCUT2D eigenvalue weighted by atomic mass is 32.2. The highest BCUT2D eigenvalue weighted by Crippen LogP contribution is 2.26. The lowest BCUT2D eigenvalue weighted by molar-refractivity contribution is -0.119. The number of benzene rings is 2. The second-order valence-corrected chi connectivity index (χ2v) is 6.56. The van der Waals surface area contributed by atoms with Crippen molar-refractivity contribution in [2.45, 2.75) is 17.7 Å². The summed E-state index contributed by atoms with van der Waals surface area (Å²) in [5.74, 6) is -0.205. The van der Waals surface area contributed by atoms with Gasteiger partial charge in [0.1, 0.15) is 0 Å². The maximum atomic E-state index is 12.0. The van der Waals surface area contributed by atoms with Crippen molar-refractivity contribution < 1.29 is 9.59 Å². The van der Waals surface area contributed by atoms with E-state index < -0.39 is 0 Å². The lowest BCUT2D eigenvalue weighted by atomic mass is 10.1. The lowest BCUT2D eigenvalue weighted by Gasteiger charge is -2.11. The Balaban J connectivity index is 1.70. The SMILES string of the molecule is NC(=O)CSc1ccccc1NCC(=O)NCCCc1ccccc1. The molecule has 4 N–H and O–H groups in total. The Morgan fingerprint density at radius 2 is 1.72 bits per heavy atom. The maximum absolute atomic E-state index is 12.0. The van der Waals surface area contributed by atoms with Crippen LogP contribution in [0.4, 0.5) is 5.69 Å². The molecule has 0 heterocycles. The number of anilines is 1. The first-order valence-electron chi connectivity index (χ1n) is 8.20. The van der Waals surface area contributed by atoms with E-state index in [4.69, 9.17) is 5.73 Å². The number of nitrogens with one attached hydrogen (secondary N) is 2. The van der Waals surface area contributed by atoms with E-state index in [1.165, 1.54) is 17.3 Å². The van der Waals surface area contributed by atoms with Gasteiger partial charge in [-0.05, 0) is 30.5 Å². The van der Waals surface area contributed by atoms with Crippen molar-refractivity contribution in [3.05, 3.63) is 60.2 Å². The Morgan fingerprint density at radius 3 is 2.48 bits per heavy atom. The molecule has 0 aliphatic rings. The van der Waals surface area contributed by atoms with Gasteiger partial charge in [-0.1, -0.05) is 42.5 Å². The fraction of sp³-hybridized carbons (Fsp3) is 0.263. The van der Waals surface area contributed by atoms with E-state index in [0.717, 1.165) is 23.4 Å². The van der Waals surface area contributed by atoms with Crippen molar-refractivity contribution in [2.24, 2.45) is 5.73 Å². The summed E-state index contributed by atoms with van der Waals surface area (Å²) in [6.45, 7) is 0.840. The quantitative estimate of drug-likeness (QED) is 0.450. The third kappa shape index (κ3) is 7.30. The minimum absolute atomic E-state index is 0.0530. The van der Waals surface area contributed by atoms with Crippen LogP contribution in [0.2, 0.25) is 0 Å². The van der Waals surface area contributed by atoms with E-state index >= 15 is 0 Å². The largest absolute Gasteiger partial charge is 0.375 e. The van der Waals surface area contributed by atoms with Gasteiger partial charge in [0.05, 0.1) is 12.3 Å². The highest BCUT2D eigenvalue weighted by Gasteiger charge is 2.06. The molecular weight excluding hydrogens is 334 g/mol. The molecule has 0 atom stereocenters. The molecule has 2 aromatic carbocycles. The van der Waals surface area contributed by atoms with Crippen LogP contribution in [-0.2, 0) is 16.0 Å². The van der Waals surface area contributed by atoms with Crippen LogP contribution in [0.15, 0.2) is 59.5 Å². The highest BCUT2D eigenvalue weighted by molar-refractivity contribution is 8.00. The number of aryl methyl sites for hydroxylation is 1. The molecule has 0 aliphatic heterocycles. The van der Waals surface area contributed by atoms with Gasteiger partial charge in [-0.25, -0.2) is 0 Å². The summed E-state index contributed by atoms with van der Waals surface area (Å²) >= 11 is 1.36. The Morgan fingerprint density at radius 1 is 1.00 bits per heavy atom. The van der Waals surface area contributed by atoms with Gasteiger partial charge in [0, 0.05) is 17.1 Å². The molecule has 6 heteroatoms. The molecule has 0 bridgehead atoms. The maximum Gasteiger partial charge on any atom is 0.239 e. The van der Waals surface area contributed by atoms with Crippen molar-refractivity contribution in [1.29, 1.82) is 0 Å². The third-order valence-corrected chi connectivity index (χ3v) is 4.60. The minimum atomic E-state index is -0.365. The first-order valence-corrected chi connectivity index (χ1v) is 9.18. The van der Waals surface area contributed by atoms with E-state index in [1.807, 2.05) is 42.5 Å². The molecular formula is C19H23N3O2S. The van der Waals surface area contributed by atoms with Crippen LogP contribution in [0.25, 0.3) is 0 Å². The first kappa shape index (κ1) is 18.9. The minimum Gasteiger partial charge on any atom is -0.375 e. The second kappa shape index (κ2) is 10.4. The normalized spacial score (nSPS) is 10.2. The monoisotopic (exact) mass is 357 g/mol. The predicted octanol–water partition coefficient (Wildman–Crippen LogP) is 2.42. The summed E-state index contributed by atoms with van der Waals surface area (Å²) in [6, 6.07) is 17.8. The fourth-order valence-electron chi connectivity index (χ4n) is 2.29. The molecule has 2 amide bonds. The summed E-state index contributed by atoms with van der Waals surface area (Å²) in [5.41, 5.74) is 7.28. The van der Waals surface area contributed by atoms with Gasteiger partial charge in [-0.15, -0.1) is 11.8 Å². The van der Waals surface area contributed by atoms with E-state index in [0.29, 0.717) is 6.54 Å². The Kier molecular flexibility index (Phi) is 7.85. The molecule has 0 fully saturated rings. The summed E-state index contributed by atoms with van der Waals surface area (Å²) < 4.78 is 0. The number of rotatable bonds is 10.